The van der Waals surface area contributed by atoms with Crippen molar-refractivity contribution in [2.75, 3.05) is 7.05 Å². The second kappa shape index (κ2) is 3.56. The number of fused-ring (bicyclic) bond motifs is 7. The lowest BCUT2D eigenvalue weighted by Gasteiger charge is -2.23. The van der Waals surface area contributed by atoms with Crippen LogP contribution in [0, 0.1) is 0 Å². The van der Waals surface area contributed by atoms with Crippen LogP contribution >= 0.6 is 0 Å². The minimum atomic E-state index is 0.400. The van der Waals surface area contributed by atoms with Gasteiger partial charge in [0.1, 0.15) is 0 Å². The Hall–Kier alpha value is -1.86. The van der Waals surface area contributed by atoms with Crippen LogP contribution in [0.3, 0.4) is 0 Å². The zero-order valence-corrected chi connectivity index (χ0v) is 10.4. The van der Waals surface area contributed by atoms with Gasteiger partial charge in [-0.25, -0.2) is 0 Å². The average Bonchev–Trinajstić information content (AvgIpc) is 2.58. The lowest BCUT2D eigenvalue weighted by atomic mass is 9.92. The molecule has 2 aliphatic rings. The Morgan fingerprint density at radius 2 is 1.50 bits per heavy atom. The molecule has 2 atom stereocenters. The number of likely N-dealkylation sites (N-methyl/N-ethyl adjacent to an activating group) is 1. The number of hydrogen-bond donors (Lipinski definition) is 0. The zero-order valence-electron chi connectivity index (χ0n) is 10.4. The maximum absolute atomic E-state index is 2.47. The third-order valence-electron chi connectivity index (χ3n) is 4.20. The van der Waals surface area contributed by atoms with Gasteiger partial charge in [0, 0.05) is 0 Å². The summed E-state index contributed by atoms with van der Waals surface area (Å²) in [6.45, 7) is 0. The molecular weight excluding hydrogens is 218 g/mol. The van der Waals surface area contributed by atoms with E-state index in [0.717, 1.165) is 0 Å². The summed E-state index contributed by atoms with van der Waals surface area (Å²) in [6.07, 6.45) is 4.59. The van der Waals surface area contributed by atoms with Gasteiger partial charge in [0.25, 0.3) is 0 Å². The van der Waals surface area contributed by atoms with E-state index in [2.05, 4.69) is 72.6 Å². The highest BCUT2D eigenvalue weighted by molar-refractivity contribution is 5.62. The Labute approximate surface area is 107 Å². The molecule has 0 saturated carbocycles. The first-order valence-electron chi connectivity index (χ1n) is 6.44. The number of nitrogens with zero attached hydrogens (tertiary/aromatic N) is 1. The van der Waals surface area contributed by atoms with Gasteiger partial charge in [-0.2, -0.15) is 0 Å². The molecule has 0 fully saturated rings. The summed E-state index contributed by atoms with van der Waals surface area (Å²) >= 11 is 0. The number of hydrogen-bond acceptors (Lipinski definition) is 1. The highest BCUT2D eigenvalue weighted by atomic mass is 15.2. The Balaban J connectivity index is 2.03. The SMILES string of the molecule is CN1C2C=Cc3ccccc3C1c1ccccc12. The fourth-order valence-corrected chi connectivity index (χ4v) is 3.36. The first kappa shape index (κ1) is 10.1. The molecule has 88 valence electrons. The van der Waals surface area contributed by atoms with Crippen molar-refractivity contribution in [3.8, 4) is 0 Å². The summed E-state index contributed by atoms with van der Waals surface area (Å²) in [5, 5.41) is 0. The molecule has 2 aromatic rings. The van der Waals surface area contributed by atoms with Crippen molar-refractivity contribution in [1.82, 2.24) is 4.90 Å². The minimum Gasteiger partial charge on any atom is -0.285 e. The number of benzene rings is 2. The van der Waals surface area contributed by atoms with Gasteiger partial charge in [-0.05, 0) is 29.3 Å². The third kappa shape index (κ3) is 1.20. The average molecular weight is 233 g/mol. The maximum Gasteiger partial charge on any atom is 0.0616 e. The third-order valence-corrected chi connectivity index (χ3v) is 4.20. The summed E-state index contributed by atoms with van der Waals surface area (Å²) in [5.41, 5.74) is 5.69. The molecule has 2 heterocycles. The van der Waals surface area contributed by atoms with Crippen LogP contribution in [-0.4, -0.2) is 11.9 Å². The Bertz CT molecular complexity index is 642. The largest absolute Gasteiger partial charge is 0.285 e. The summed E-state index contributed by atoms with van der Waals surface area (Å²) in [4.78, 5) is 2.47. The number of rotatable bonds is 0. The second-order valence-electron chi connectivity index (χ2n) is 5.13. The van der Waals surface area contributed by atoms with Gasteiger partial charge in [0.15, 0.2) is 0 Å². The van der Waals surface area contributed by atoms with E-state index < -0.39 is 0 Å². The van der Waals surface area contributed by atoms with Crippen LogP contribution in [0.2, 0.25) is 0 Å². The fraction of sp³-hybridized carbons (Fsp3) is 0.176. The molecule has 2 unspecified atom stereocenters. The van der Waals surface area contributed by atoms with E-state index in [9.17, 15) is 0 Å². The predicted octanol–water partition coefficient (Wildman–Crippen LogP) is 3.79. The molecule has 0 aliphatic carbocycles. The summed E-state index contributed by atoms with van der Waals surface area (Å²) in [5.74, 6) is 0. The van der Waals surface area contributed by atoms with Crippen molar-refractivity contribution in [2.45, 2.75) is 12.1 Å². The zero-order chi connectivity index (χ0) is 12.1. The van der Waals surface area contributed by atoms with Gasteiger partial charge in [-0.15, -0.1) is 0 Å². The molecule has 0 amide bonds. The first-order valence-corrected chi connectivity index (χ1v) is 6.44. The predicted molar refractivity (Wildman–Crippen MR) is 74.3 cm³/mol. The van der Waals surface area contributed by atoms with Gasteiger partial charge < -0.3 is 0 Å². The molecule has 2 bridgehead atoms. The van der Waals surface area contributed by atoms with Crippen LogP contribution in [0.25, 0.3) is 6.08 Å². The molecule has 0 spiro atoms. The molecule has 2 aromatic carbocycles. The molecule has 0 saturated heterocycles. The molecular formula is C17H15N. The van der Waals surface area contributed by atoms with E-state index in [4.69, 9.17) is 0 Å². The molecule has 1 heteroatoms. The minimum absolute atomic E-state index is 0.400. The Morgan fingerprint density at radius 3 is 2.33 bits per heavy atom. The van der Waals surface area contributed by atoms with Crippen molar-refractivity contribution in [2.24, 2.45) is 0 Å². The van der Waals surface area contributed by atoms with E-state index >= 15 is 0 Å². The van der Waals surface area contributed by atoms with Crippen molar-refractivity contribution >= 4 is 6.08 Å². The Morgan fingerprint density at radius 1 is 0.833 bits per heavy atom. The highest BCUT2D eigenvalue weighted by Crippen LogP contribution is 2.47. The highest BCUT2D eigenvalue weighted by Gasteiger charge is 2.37. The van der Waals surface area contributed by atoms with E-state index in [0.29, 0.717) is 12.1 Å². The van der Waals surface area contributed by atoms with Gasteiger partial charge >= 0.3 is 0 Å². The summed E-state index contributed by atoms with van der Waals surface area (Å²) in [6, 6.07) is 18.4. The van der Waals surface area contributed by atoms with Gasteiger partial charge in [0.2, 0.25) is 0 Å². The quantitative estimate of drug-likeness (QED) is 0.669. The van der Waals surface area contributed by atoms with Crippen molar-refractivity contribution in [3.05, 3.63) is 76.9 Å². The van der Waals surface area contributed by atoms with E-state index in [-0.39, 0.29) is 0 Å². The normalized spacial score (nSPS) is 24.5. The van der Waals surface area contributed by atoms with Crippen LogP contribution in [0.1, 0.15) is 34.3 Å². The van der Waals surface area contributed by atoms with Crippen LogP contribution in [0.15, 0.2) is 54.6 Å². The molecule has 0 N–H and O–H groups in total. The molecule has 0 radical (unpaired) electrons. The monoisotopic (exact) mass is 233 g/mol. The van der Waals surface area contributed by atoms with Crippen molar-refractivity contribution in [1.29, 1.82) is 0 Å². The lowest BCUT2D eigenvalue weighted by molar-refractivity contribution is 0.271. The van der Waals surface area contributed by atoms with Crippen LogP contribution in [-0.2, 0) is 0 Å². The molecule has 1 nitrogen and oxygen atoms in total. The first-order chi connectivity index (χ1) is 8.86. The smallest absolute Gasteiger partial charge is 0.0616 e. The van der Waals surface area contributed by atoms with E-state index in [1.54, 1.807) is 0 Å². The van der Waals surface area contributed by atoms with Crippen LogP contribution in [0.4, 0.5) is 0 Å². The molecule has 2 aliphatic heterocycles. The second-order valence-corrected chi connectivity index (χ2v) is 5.13. The van der Waals surface area contributed by atoms with Crippen LogP contribution in [0.5, 0.6) is 0 Å². The van der Waals surface area contributed by atoms with Crippen molar-refractivity contribution < 1.29 is 0 Å². The van der Waals surface area contributed by atoms with Gasteiger partial charge in [0.05, 0.1) is 12.1 Å². The summed E-state index contributed by atoms with van der Waals surface area (Å²) in [7, 11) is 2.22. The van der Waals surface area contributed by atoms with Crippen LogP contribution < -0.4 is 0 Å². The van der Waals surface area contributed by atoms with Gasteiger partial charge in [-0.1, -0.05) is 60.7 Å². The van der Waals surface area contributed by atoms with Crippen molar-refractivity contribution in [3.63, 3.8) is 0 Å². The van der Waals surface area contributed by atoms with Gasteiger partial charge in [-0.3, -0.25) is 4.90 Å². The molecule has 0 aromatic heterocycles. The molecule has 18 heavy (non-hydrogen) atoms. The Kier molecular flexibility index (Phi) is 2.00. The maximum atomic E-state index is 2.47. The molecule has 4 rings (SSSR count). The van der Waals surface area contributed by atoms with E-state index in [1.165, 1.54) is 22.3 Å². The lowest BCUT2D eigenvalue weighted by Crippen LogP contribution is -2.20. The summed E-state index contributed by atoms with van der Waals surface area (Å²) < 4.78 is 0. The van der Waals surface area contributed by atoms with E-state index in [1.807, 2.05) is 0 Å². The topological polar surface area (TPSA) is 3.24 Å². The fourth-order valence-electron chi connectivity index (χ4n) is 3.36. The standard InChI is InChI=1S/C17H15N/c1-18-16-11-10-12-6-2-3-7-13(12)17(18)15-9-5-4-8-14(15)16/h2-11,16-17H,1H3.